The summed E-state index contributed by atoms with van der Waals surface area (Å²) >= 11 is 0. The monoisotopic (exact) mass is 223 g/mol. The molecule has 0 fully saturated rings. The molecular weight excluding hydrogens is 213 g/mol. The molecule has 0 aliphatic heterocycles. The Morgan fingerprint density at radius 2 is 2.12 bits per heavy atom. The van der Waals surface area contributed by atoms with E-state index in [2.05, 4.69) is 9.73 Å². The zero-order valence-electron chi connectivity index (χ0n) is 8.64. The highest BCUT2D eigenvalue weighted by Crippen LogP contribution is 2.21. The molecule has 4 nitrogen and oxygen atoms in total. The van der Waals surface area contributed by atoms with E-state index >= 15 is 0 Å². The van der Waals surface area contributed by atoms with E-state index < -0.39 is 17.8 Å². The number of carbonyl (C=O) groups is 1. The normalized spacial score (nSPS) is 11.4. The molecular formula is C11H10FNO3. The van der Waals surface area contributed by atoms with Gasteiger partial charge < -0.3 is 4.74 Å². The third-order valence-electron chi connectivity index (χ3n) is 2.05. The Labute approximate surface area is 91.8 Å². The SMILES string of the molecule is COC(=O)C[C@@H](N=C=O)c1ccc(F)cc1. The van der Waals surface area contributed by atoms with Crippen LogP contribution in [-0.4, -0.2) is 19.2 Å². The molecule has 0 saturated heterocycles. The number of ether oxygens (including phenoxy) is 1. The molecule has 84 valence electrons. The van der Waals surface area contributed by atoms with E-state index in [0.29, 0.717) is 5.56 Å². The quantitative estimate of drug-likeness (QED) is 0.444. The number of hydrogen-bond donors (Lipinski definition) is 0. The first kappa shape index (κ1) is 12.1. The molecule has 0 unspecified atom stereocenters. The molecule has 0 aliphatic carbocycles. The van der Waals surface area contributed by atoms with Crippen molar-refractivity contribution in [2.45, 2.75) is 12.5 Å². The van der Waals surface area contributed by atoms with Crippen LogP contribution in [0.4, 0.5) is 4.39 Å². The van der Waals surface area contributed by atoms with E-state index in [1.165, 1.54) is 37.5 Å². The van der Waals surface area contributed by atoms with Crippen LogP contribution in [0.25, 0.3) is 0 Å². The van der Waals surface area contributed by atoms with E-state index in [9.17, 15) is 14.0 Å². The van der Waals surface area contributed by atoms with Crippen molar-refractivity contribution >= 4 is 12.0 Å². The van der Waals surface area contributed by atoms with Crippen molar-refractivity contribution in [2.24, 2.45) is 4.99 Å². The average Bonchev–Trinajstić information content (AvgIpc) is 2.29. The van der Waals surface area contributed by atoms with Gasteiger partial charge in [0.25, 0.3) is 0 Å². The van der Waals surface area contributed by atoms with E-state index in [0.717, 1.165) is 0 Å². The molecule has 0 heterocycles. The zero-order chi connectivity index (χ0) is 12.0. The molecule has 0 aliphatic rings. The zero-order valence-corrected chi connectivity index (χ0v) is 8.64. The van der Waals surface area contributed by atoms with Crippen LogP contribution >= 0.6 is 0 Å². The van der Waals surface area contributed by atoms with Gasteiger partial charge in [0.2, 0.25) is 6.08 Å². The Morgan fingerprint density at radius 3 is 2.62 bits per heavy atom. The van der Waals surface area contributed by atoms with Crippen molar-refractivity contribution in [2.75, 3.05) is 7.11 Å². The maximum Gasteiger partial charge on any atom is 0.308 e. The molecule has 0 spiro atoms. The summed E-state index contributed by atoms with van der Waals surface area (Å²) in [5.74, 6) is -0.885. The molecule has 16 heavy (non-hydrogen) atoms. The number of aliphatic imine (C=N–C) groups is 1. The van der Waals surface area contributed by atoms with Crippen molar-refractivity contribution in [3.05, 3.63) is 35.6 Å². The van der Waals surface area contributed by atoms with Gasteiger partial charge in [0.1, 0.15) is 5.82 Å². The standard InChI is InChI=1S/C11H10FNO3/c1-16-11(15)6-10(13-7-14)8-2-4-9(12)5-3-8/h2-5,10H,6H2,1H3/t10-/m1/s1. The van der Waals surface area contributed by atoms with Crippen molar-refractivity contribution in [3.63, 3.8) is 0 Å². The minimum Gasteiger partial charge on any atom is -0.469 e. The van der Waals surface area contributed by atoms with Crippen LogP contribution in [0.3, 0.4) is 0 Å². The number of hydrogen-bond acceptors (Lipinski definition) is 4. The van der Waals surface area contributed by atoms with Crippen LogP contribution in [0.15, 0.2) is 29.3 Å². The first-order valence-electron chi connectivity index (χ1n) is 4.56. The Morgan fingerprint density at radius 1 is 1.50 bits per heavy atom. The number of methoxy groups -OCH3 is 1. The fourth-order valence-corrected chi connectivity index (χ4v) is 1.23. The van der Waals surface area contributed by atoms with Crippen LogP contribution in [-0.2, 0) is 14.3 Å². The summed E-state index contributed by atoms with van der Waals surface area (Å²) in [5.41, 5.74) is 0.565. The number of benzene rings is 1. The molecule has 0 aromatic heterocycles. The van der Waals surface area contributed by atoms with Crippen LogP contribution in [0.5, 0.6) is 0 Å². The summed E-state index contributed by atoms with van der Waals surface area (Å²) < 4.78 is 17.1. The van der Waals surface area contributed by atoms with E-state index in [4.69, 9.17) is 0 Å². The number of nitrogens with zero attached hydrogens (tertiary/aromatic N) is 1. The fraction of sp³-hybridized carbons (Fsp3) is 0.273. The molecule has 0 N–H and O–H groups in total. The Kier molecular flexibility index (Phi) is 4.36. The van der Waals surface area contributed by atoms with Crippen LogP contribution in [0.2, 0.25) is 0 Å². The molecule has 1 rings (SSSR count). The Hall–Kier alpha value is -2.00. The van der Waals surface area contributed by atoms with Gasteiger partial charge in [-0.25, -0.2) is 9.18 Å². The van der Waals surface area contributed by atoms with Crippen molar-refractivity contribution in [3.8, 4) is 0 Å². The van der Waals surface area contributed by atoms with Crippen LogP contribution in [0, 0.1) is 5.82 Å². The maximum atomic E-state index is 12.7. The molecule has 0 saturated carbocycles. The van der Waals surface area contributed by atoms with Gasteiger partial charge in [0.15, 0.2) is 0 Å². The number of carbonyl (C=O) groups excluding carboxylic acids is 2. The Balaban J connectivity index is 2.89. The summed E-state index contributed by atoms with van der Waals surface area (Å²) in [6.45, 7) is 0. The van der Waals surface area contributed by atoms with Gasteiger partial charge in [-0.05, 0) is 17.7 Å². The molecule has 5 heteroatoms. The van der Waals surface area contributed by atoms with Gasteiger partial charge in [0.05, 0.1) is 19.6 Å². The third kappa shape index (κ3) is 3.29. The van der Waals surface area contributed by atoms with Gasteiger partial charge in [-0.2, -0.15) is 4.99 Å². The third-order valence-corrected chi connectivity index (χ3v) is 2.05. The summed E-state index contributed by atoms with van der Waals surface area (Å²) in [6, 6.07) is 4.72. The van der Waals surface area contributed by atoms with Crippen molar-refractivity contribution in [1.82, 2.24) is 0 Å². The van der Waals surface area contributed by atoms with Crippen molar-refractivity contribution < 1.29 is 18.7 Å². The lowest BCUT2D eigenvalue weighted by Gasteiger charge is -2.09. The van der Waals surface area contributed by atoms with E-state index in [1.807, 2.05) is 0 Å². The summed E-state index contributed by atoms with van der Waals surface area (Å²) in [5, 5.41) is 0. The molecule has 1 atom stereocenters. The van der Waals surface area contributed by atoms with Crippen LogP contribution in [0.1, 0.15) is 18.0 Å². The predicted molar refractivity (Wildman–Crippen MR) is 53.9 cm³/mol. The number of rotatable bonds is 4. The van der Waals surface area contributed by atoms with Gasteiger partial charge >= 0.3 is 5.97 Å². The van der Waals surface area contributed by atoms with E-state index in [1.54, 1.807) is 0 Å². The Bertz CT molecular complexity index is 410. The number of isocyanates is 1. The highest BCUT2D eigenvalue weighted by Gasteiger charge is 2.15. The topological polar surface area (TPSA) is 55.7 Å². The number of esters is 1. The second-order valence-electron chi connectivity index (χ2n) is 3.07. The molecule has 1 aromatic rings. The van der Waals surface area contributed by atoms with Crippen molar-refractivity contribution in [1.29, 1.82) is 0 Å². The van der Waals surface area contributed by atoms with Gasteiger partial charge in [-0.3, -0.25) is 4.79 Å². The minimum atomic E-state index is -0.675. The van der Waals surface area contributed by atoms with Crippen LogP contribution < -0.4 is 0 Å². The summed E-state index contributed by atoms with van der Waals surface area (Å²) in [7, 11) is 1.24. The summed E-state index contributed by atoms with van der Waals surface area (Å²) in [6.07, 6.45) is 1.31. The van der Waals surface area contributed by atoms with Gasteiger partial charge in [0, 0.05) is 0 Å². The molecule has 1 aromatic carbocycles. The van der Waals surface area contributed by atoms with Gasteiger partial charge in [-0.1, -0.05) is 12.1 Å². The average molecular weight is 223 g/mol. The minimum absolute atomic E-state index is 0.0721. The lowest BCUT2D eigenvalue weighted by Crippen LogP contribution is -2.07. The highest BCUT2D eigenvalue weighted by molar-refractivity contribution is 5.70. The van der Waals surface area contributed by atoms with Gasteiger partial charge in [-0.15, -0.1) is 0 Å². The molecule has 0 amide bonds. The second kappa shape index (κ2) is 5.78. The first-order valence-corrected chi connectivity index (χ1v) is 4.56. The first-order chi connectivity index (χ1) is 7.67. The summed E-state index contributed by atoms with van der Waals surface area (Å²) in [4.78, 5) is 24.7. The lowest BCUT2D eigenvalue weighted by atomic mass is 10.0. The molecule has 0 bridgehead atoms. The highest BCUT2D eigenvalue weighted by atomic mass is 19.1. The number of halogens is 1. The predicted octanol–water partition coefficient (Wildman–Crippen LogP) is 1.77. The fourth-order valence-electron chi connectivity index (χ4n) is 1.23. The lowest BCUT2D eigenvalue weighted by molar-refractivity contribution is -0.141. The smallest absolute Gasteiger partial charge is 0.308 e. The van der Waals surface area contributed by atoms with E-state index in [-0.39, 0.29) is 6.42 Å². The maximum absolute atomic E-state index is 12.7. The largest absolute Gasteiger partial charge is 0.469 e. The second-order valence-corrected chi connectivity index (χ2v) is 3.07. The molecule has 0 radical (unpaired) electrons.